The van der Waals surface area contributed by atoms with Crippen molar-refractivity contribution in [2.75, 3.05) is 66.5 Å². The highest BCUT2D eigenvalue weighted by molar-refractivity contribution is 5.80. The Balaban J connectivity index is 1.33. The van der Waals surface area contributed by atoms with Gasteiger partial charge in [0.25, 0.3) is 0 Å². The van der Waals surface area contributed by atoms with Crippen molar-refractivity contribution in [3.63, 3.8) is 0 Å². The Morgan fingerprint density at radius 1 is 1.09 bits per heavy atom. The smallest absolute Gasteiger partial charge is 0.191 e. The summed E-state index contributed by atoms with van der Waals surface area (Å²) in [5.74, 6) is 0.972. The summed E-state index contributed by atoms with van der Waals surface area (Å²) >= 11 is 0. The quantitative estimate of drug-likeness (QED) is 0.552. The van der Waals surface area contributed by atoms with Crippen LogP contribution in [0.5, 0.6) is 0 Å². The van der Waals surface area contributed by atoms with Crippen LogP contribution < -0.4 is 10.6 Å². The first kappa shape index (κ1) is 17.0. The molecule has 23 heavy (non-hydrogen) atoms. The molecule has 3 aliphatic rings. The molecule has 0 amide bonds. The van der Waals surface area contributed by atoms with Gasteiger partial charge >= 0.3 is 0 Å². The lowest BCUT2D eigenvalue weighted by molar-refractivity contribution is 0.279. The summed E-state index contributed by atoms with van der Waals surface area (Å²) in [6, 6.07) is 1.45. The standard InChI is InChI=1S/C17H34N6/c1-18-17(20-15-6-10-23(14-15)16-4-5-16)19-7-11-22-9-3-8-21(2)12-13-22/h15-16H,3-14H2,1-2H3,(H2,18,19,20). The van der Waals surface area contributed by atoms with Crippen molar-refractivity contribution in [2.45, 2.75) is 37.8 Å². The number of hydrogen-bond donors (Lipinski definition) is 2. The predicted molar refractivity (Wildman–Crippen MR) is 96.1 cm³/mol. The van der Waals surface area contributed by atoms with Gasteiger partial charge in [0.1, 0.15) is 0 Å². The minimum atomic E-state index is 0.564. The van der Waals surface area contributed by atoms with E-state index in [4.69, 9.17) is 0 Å². The molecule has 1 aliphatic carbocycles. The van der Waals surface area contributed by atoms with Gasteiger partial charge in [-0.2, -0.15) is 0 Å². The first-order chi connectivity index (χ1) is 11.2. The summed E-state index contributed by atoms with van der Waals surface area (Å²) in [6.07, 6.45) is 5.34. The molecule has 2 heterocycles. The normalized spacial score (nSPS) is 28.8. The molecule has 3 fully saturated rings. The van der Waals surface area contributed by atoms with Gasteiger partial charge in [-0.25, -0.2) is 0 Å². The SMILES string of the molecule is CN=C(NCCN1CCCN(C)CC1)NC1CCN(C2CC2)C1. The minimum absolute atomic E-state index is 0.564. The van der Waals surface area contributed by atoms with E-state index >= 15 is 0 Å². The van der Waals surface area contributed by atoms with Crippen molar-refractivity contribution in [3.05, 3.63) is 0 Å². The van der Waals surface area contributed by atoms with E-state index in [-0.39, 0.29) is 0 Å². The fourth-order valence-corrected chi connectivity index (χ4v) is 3.72. The number of likely N-dealkylation sites (tertiary alicyclic amines) is 1. The summed E-state index contributed by atoms with van der Waals surface area (Å²) in [6.45, 7) is 9.33. The van der Waals surface area contributed by atoms with Crippen LogP contribution in [-0.2, 0) is 0 Å². The van der Waals surface area contributed by atoms with Crippen LogP contribution >= 0.6 is 0 Å². The van der Waals surface area contributed by atoms with E-state index in [1.165, 1.54) is 65.0 Å². The molecule has 0 spiro atoms. The molecule has 3 rings (SSSR count). The molecular weight excluding hydrogens is 288 g/mol. The molecule has 2 N–H and O–H groups in total. The predicted octanol–water partition coefficient (Wildman–Crippen LogP) is 0.0256. The van der Waals surface area contributed by atoms with Gasteiger partial charge in [0.15, 0.2) is 5.96 Å². The number of likely N-dealkylation sites (N-methyl/N-ethyl adjacent to an activating group) is 1. The molecular formula is C17H34N6. The van der Waals surface area contributed by atoms with Crippen LogP contribution in [0, 0.1) is 0 Å². The molecule has 2 saturated heterocycles. The third-order valence-corrected chi connectivity index (χ3v) is 5.38. The van der Waals surface area contributed by atoms with E-state index in [9.17, 15) is 0 Å². The van der Waals surface area contributed by atoms with Gasteiger partial charge in [-0.15, -0.1) is 0 Å². The van der Waals surface area contributed by atoms with Crippen LogP contribution in [0.3, 0.4) is 0 Å². The van der Waals surface area contributed by atoms with Crippen LogP contribution in [0.25, 0.3) is 0 Å². The lowest BCUT2D eigenvalue weighted by Gasteiger charge is -2.22. The number of hydrogen-bond acceptors (Lipinski definition) is 4. The van der Waals surface area contributed by atoms with Crippen molar-refractivity contribution in [2.24, 2.45) is 4.99 Å². The Kier molecular flexibility index (Phi) is 6.14. The summed E-state index contributed by atoms with van der Waals surface area (Å²) in [5.41, 5.74) is 0. The molecule has 0 aromatic heterocycles. The number of aliphatic imine (C=N–C) groups is 1. The van der Waals surface area contributed by atoms with Gasteiger partial charge in [0.2, 0.25) is 0 Å². The molecule has 1 atom stereocenters. The summed E-state index contributed by atoms with van der Waals surface area (Å²) < 4.78 is 0. The average Bonchev–Trinajstić information content (AvgIpc) is 3.33. The van der Waals surface area contributed by atoms with Crippen molar-refractivity contribution in [1.29, 1.82) is 0 Å². The molecule has 2 aliphatic heterocycles. The van der Waals surface area contributed by atoms with Crippen molar-refractivity contribution < 1.29 is 0 Å². The van der Waals surface area contributed by atoms with E-state index in [0.717, 1.165) is 25.1 Å². The number of nitrogens with one attached hydrogen (secondary N) is 2. The van der Waals surface area contributed by atoms with Gasteiger partial charge in [-0.1, -0.05) is 0 Å². The van der Waals surface area contributed by atoms with Gasteiger partial charge in [0.05, 0.1) is 0 Å². The highest BCUT2D eigenvalue weighted by Crippen LogP contribution is 2.29. The number of nitrogens with zero attached hydrogens (tertiary/aromatic N) is 4. The van der Waals surface area contributed by atoms with Crippen LogP contribution in [0.2, 0.25) is 0 Å². The maximum atomic E-state index is 4.40. The molecule has 132 valence electrons. The lowest BCUT2D eigenvalue weighted by atomic mass is 10.3. The molecule has 0 aromatic rings. The van der Waals surface area contributed by atoms with E-state index in [1.807, 2.05) is 7.05 Å². The Labute approximate surface area is 141 Å². The molecule has 0 radical (unpaired) electrons. The van der Waals surface area contributed by atoms with Gasteiger partial charge < -0.3 is 20.4 Å². The maximum Gasteiger partial charge on any atom is 0.191 e. The van der Waals surface area contributed by atoms with E-state index < -0.39 is 0 Å². The third-order valence-electron chi connectivity index (χ3n) is 5.38. The maximum absolute atomic E-state index is 4.40. The van der Waals surface area contributed by atoms with E-state index in [0.29, 0.717) is 6.04 Å². The largest absolute Gasteiger partial charge is 0.355 e. The van der Waals surface area contributed by atoms with Gasteiger partial charge in [0, 0.05) is 58.4 Å². The first-order valence-electron chi connectivity index (χ1n) is 9.37. The average molecular weight is 323 g/mol. The fourth-order valence-electron chi connectivity index (χ4n) is 3.72. The first-order valence-corrected chi connectivity index (χ1v) is 9.37. The Bertz CT molecular complexity index is 395. The van der Waals surface area contributed by atoms with Crippen LogP contribution in [0.4, 0.5) is 0 Å². The number of guanidine groups is 1. The molecule has 1 unspecified atom stereocenters. The Morgan fingerprint density at radius 3 is 2.74 bits per heavy atom. The van der Waals surface area contributed by atoms with E-state index in [2.05, 4.69) is 37.4 Å². The van der Waals surface area contributed by atoms with Crippen LogP contribution in [-0.4, -0.2) is 99.2 Å². The minimum Gasteiger partial charge on any atom is -0.355 e. The van der Waals surface area contributed by atoms with Crippen molar-refractivity contribution >= 4 is 5.96 Å². The zero-order valence-electron chi connectivity index (χ0n) is 14.9. The van der Waals surface area contributed by atoms with E-state index in [1.54, 1.807) is 0 Å². The third kappa shape index (κ3) is 5.33. The zero-order chi connectivity index (χ0) is 16.1. The monoisotopic (exact) mass is 322 g/mol. The molecule has 0 aromatic carbocycles. The summed E-state index contributed by atoms with van der Waals surface area (Å²) in [7, 11) is 4.10. The van der Waals surface area contributed by atoms with Crippen LogP contribution in [0.15, 0.2) is 4.99 Å². The molecule has 6 nitrogen and oxygen atoms in total. The molecule has 0 bridgehead atoms. The number of rotatable bonds is 5. The topological polar surface area (TPSA) is 46.1 Å². The second-order valence-corrected chi connectivity index (χ2v) is 7.35. The zero-order valence-corrected chi connectivity index (χ0v) is 14.9. The van der Waals surface area contributed by atoms with Crippen molar-refractivity contribution in [3.8, 4) is 0 Å². The second kappa shape index (κ2) is 8.31. The fraction of sp³-hybridized carbons (Fsp3) is 0.941. The van der Waals surface area contributed by atoms with Crippen molar-refractivity contribution in [1.82, 2.24) is 25.3 Å². The van der Waals surface area contributed by atoms with Crippen LogP contribution in [0.1, 0.15) is 25.7 Å². The Hall–Kier alpha value is -0.850. The highest BCUT2D eigenvalue weighted by Gasteiger charge is 2.34. The lowest BCUT2D eigenvalue weighted by Crippen LogP contribution is -2.47. The Morgan fingerprint density at radius 2 is 1.96 bits per heavy atom. The van der Waals surface area contributed by atoms with Gasteiger partial charge in [-0.3, -0.25) is 9.89 Å². The molecule has 1 saturated carbocycles. The van der Waals surface area contributed by atoms with Gasteiger partial charge in [-0.05, 0) is 45.8 Å². The summed E-state index contributed by atoms with van der Waals surface area (Å²) in [5, 5.41) is 7.11. The molecule has 6 heteroatoms. The second-order valence-electron chi connectivity index (χ2n) is 7.35. The highest BCUT2D eigenvalue weighted by atomic mass is 15.3. The summed E-state index contributed by atoms with van der Waals surface area (Å²) in [4.78, 5) is 12.0.